The smallest absolute Gasteiger partial charge is 0.338 e. The number of carbonyl (C=O) groups is 2. The van der Waals surface area contributed by atoms with Crippen molar-refractivity contribution in [2.75, 3.05) is 12.1 Å². The van der Waals surface area contributed by atoms with Crippen LogP contribution in [0.3, 0.4) is 0 Å². The number of nitrogens with zero attached hydrogens (tertiary/aromatic N) is 1. The van der Waals surface area contributed by atoms with Gasteiger partial charge in [-0.25, -0.2) is 4.79 Å². The van der Waals surface area contributed by atoms with E-state index in [1.807, 2.05) is 41.2 Å². The summed E-state index contributed by atoms with van der Waals surface area (Å²) in [7, 11) is 0. The Hall–Kier alpha value is -3.74. The molecular weight excluding hydrogens is 360 g/mol. The zero-order valence-corrected chi connectivity index (χ0v) is 15.1. The highest BCUT2D eigenvalue weighted by Crippen LogP contribution is 2.34. The van der Waals surface area contributed by atoms with E-state index in [4.69, 9.17) is 14.2 Å². The lowest BCUT2D eigenvalue weighted by molar-refractivity contribution is -0.123. The molecule has 0 fully saturated rings. The van der Waals surface area contributed by atoms with Crippen LogP contribution in [0.5, 0.6) is 11.5 Å². The lowest BCUT2D eigenvalue weighted by Gasteiger charge is -2.14. The molecule has 0 radical (unpaired) electrons. The molecule has 142 valence electrons. The second-order valence-electron chi connectivity index (χ2n) is 6.24. The first-order valence-electron chi connectivity index (χ1n) is 8.75. The zero-order chi connectivity index (χ0) is 19.5. The van der Waals surface area contributed by atoms with E-state index < -0.39 is 18.0 Å². The van der Waals surface area contributed by atoms with Crippen molar-refractivity contribution in [2.24, 2.45) is 0 Å². The van der Waals surface area contributed by atoms with Crippen LogP contribution in [0, 0.1) is 0 Å². The molecule has 1 aliphatic rings. The number of rotatable bonds is 5. The van der Waals surface area contributed by atoms with Crippen LogP contribution < -0.4 is 14.8 Å². The van der Waals surface area contributed by atoms with Gasteiger partial charge in [0, 0.05) is 29.8 Å². The van der Waals surface area contributed by atoms with Crippen LogP contribution in [-0.2, 0) is 9.53 Å². The Morgan fingerprint density at radius 3 is 2.50 bits per heavy atom. The van der Waals surface area contributed by atoms with Crippen molar-refractivity contribution in [3.63, 3.8) is 0 Å². The fourth-order valence-electron chi connectivity index (χ4n) is 2.78. The van der Waals surface area contributed by atoms with Crippen molar-refractivity contribution in [3.05, 3.63) is 72.6 Å². The quantitative estimate of drug-likeness (QED) is 0.689. The van der Waals surface area contributed by atoms with Gasteiger partial charge in [-0.3, -0.25) is 4.79 Å². The van der Waals surface area contributed by atoms with Crippen LogP contribution in [0.2, 0.25) is 0 Å². The van der Waals surface area contributed by atoms with Crippen molar-refractivity contribution in [2.45, 2.75) is 13.0 Å². The highest BCUT2D eigenvalue weighted by atomic mass is 16.7. The van der Waals surface area contributed by atoms with E-state index in [1.54, 1.807) is 30.3 Å². The molecule has 7 heteroatoms. The number of benzene rings is 2. The largest absolute Gasteiger partial charge is 0.454 e. The first-order chi connectivity index (χ1) is 13.6. The van der Waals surface area contributed by atoms with Gasteiger partial charge in [-0.05, 0) is 55.5 Å². The molecule has 0 unspecified atom stereocenters. The third-order valence-electron chi connectivity index (χ3n) is 4.30. The molecule has 4 rings (SSSR count). The van der Waals surface area contributed by atoms with Gasteiger partial charge in [-0.1, -0.05) is 0 Å². The lowest BCUT2D eigenvalue weighted by atomic mass is 10.2. The molecule has 0 aliphatic carbocycles. The van der Waals surface area contributed by atoms with Gasteiger partial charge in [0.15, 0.2) is 17.6 Å². The van der Waals surface area contributed by atoms with Gasteiger partial charge in [0.1, 0.15) is 0 Å². The normalized spacial score (nSPS) is 13.0. The number of carbonyl (C=O) groups excluding carboxylic acids is 2. The molecule has 7 nitrogen and oxygen atoms in total. The number of amides is 1. The summed E-state index contributed by atoms with van der Waals surface area (Å²) in [5.74, 6) is 0.189. The van der Waals surface area contributed by atoms with E-state index in [-0.39, 0.29) is 6.79 Å². The van der Waals surface area contributed by atoms with Crippen molar-refractivity contribution >= 4 is 17.6 Å². The van der Waals surface area contributed by atoms with Gasteiger partial charge in [0.05, 0.1) is 5.56 Å². The molecule has 1 aromatic heterocycles. The van der Waals surface area contributed by atoms with E-state index in [0.717, 1.165) is 5.69 Å². The molecule has 0 saturated carbocycles. The molecule has 0 bridgehead atoms. The minimum Gasteiger partial charge on any atom is -0.454 e. The van der Waals surface area contributed by atoms with Crippen LogP contribution in [0.15, 0.2) is 67.0 Å². The highest BCUT2D eigenvalue weighted by molar-refractivity contribution is 5.97. The van der Waals surface area contributed by atoms with Gasteiger partial charge >= 0.3 is 5.97 Å². The van der Waals surface area contributed by atoms with E-state index in [1.165, 1.54) is 6.92 Å². The second-order valence-corrected chi connectivity index (χ2v) is 6.24. The number of fused-ring (bicyclic) bond motifs is 1. The standard InChI is InChI=1S/C21H18N2O5/c1-14(20(24)22-16-6-9-18-19(12-16)27-13-26-18)28-21(25)15-4-7-17(8-5-15)23-10-2-3-11-23/h2-12,14H,13H2,1H3,(H,22,24)/t14-/m1/s1. The van der Waals surface area contributed by atoms with E-state index in [2.05, 4.69) is 5.32 Å². The molecule has 0 saturated heterocycles. The fourth-order valence-corrected chi connectivity index (χ4v) is 2.78. The average Bonchev–Trinajstić information content (AvgIpc) is 3.39. The zero-order valence-electron chi connectivity index (χ0n) is 15.1. The number of hydrogen-bond donors (Lipinski definition) is 1. The first kappa shape index (κ1) is 17.7. The monoisotopic (exact) mass is 378 g/mol. The van der Waals surface area contributed by atoms with Crippen molar-refractivity contribution in [1.29, 1.82) is 0 Å². The van der Waals surface area contributed by atoms with E-state index >= 15 is 0 Å². The fraction of sp³-hybridized carbons (Fsp3) is 0.143. The first-order valence-corrected chi connectivity index (χ1v) is 8.75. The van der Waals surface area contributed by atoms with Crippen LogP contribution in [0.4, 0.5) is 5.69 Å². The molecule has 1 atom stereocenters. The Balaban J connectivity index is 1.36. The molecule has 2 heterocycles. The predicted molar refractivity (Wildman–Crippen MR) is 102 cm³/mol. The topological polar surface area (TPSA) is 78.8 Å². The SMILES string of the molecule is C[C@@H](OC(=O)c1ccc(-n2cccc2)cc1)C(=O)Nc1ccc2c(c1)OCO2. The minimum absolute atomic E-state index is 0.157. The predicted octanol–water partition coefficient (Wildman–Crippen LogP) is 3.39. The summed E-state index contributed by atoms with van der Waals surface area (Å²) in [6, 6.07) is 15.9. The number of esters is 1. The average molecular weight is 378 g/mol. The Kier molecular flexibility index (Phi) is 4.72. The molecule has 1 amide bonds. The number of hydrogen-bond acceptors (Lipinski definition) is 5. The van der Waals surface area contributed by atoms with Gasteiger partial charge < -0.3 is 24.1 Å². The second kappa shape index (κ2) is 7.48. The van der Waals surface area contributed by atoms with Crippen molar-refractivity contribution < 1.29 is 23.8 Å². The third-order valence-corrected chi connectivity index (χ3v) is 4.30. The molecular formula is C21H18N2O5. The summed E-state index contributed by atoms with van der Waals surface area (Å²) in [6.07, 6.45) is 2.87. The summed E-state index contributed by atoms with van der Waals surface area (Å²) in [5, 5.41) is 2.70. The van der Waals surface area contributed by atoms with Crippen LogP contribution in [-0.4, -0.2) is 29.3 Å². The Labute approximate surface area is 161 Å². The summed E-state index contributed by atoms with van der Waals surface area (Å²) in [4.78, 5) is 24.6. The maximum Gasteiger partial charge on any atom is 0.338 e. The summed E-state index contributed by atoms with van der Waals surface area (Å²) >= 11 is 0. The number of nitrogens with one attached hydrogen (secondary N) is 1. The van der Waals surface area contributed by atoms with Gasteiger partial charge in [-0.2, -0.15) is 0 Å². The maximum atomic E-state index is 12.3. The number of ether oxygens (including phenoxy) is 3. The van der Waals surface area contributed by atoms with Crippen LogP contribution >= 0.6 is 0 Å². The molecule has 2 aromatic carbocycles. The van der Waals surface area contributed by atoms with E-state index in [9.17, 15) is 9.59 Å². The van der Waals surface area contributed by atoms with E-state index in [0.29, 0.717) is 22.7 Å². The number of anilines is 1. The Morgan fingerprint density at radius 2 is 1.75 bits per heavy atom. The van der Waals surface area contributed by atoms with Gasteiger partial charge in [0.2, 0.25) is 6.79 Å². The molecule has 28 heavy (non-hydrogen) atoms. The lowest BCUT2D eigenvalue weighted by Crippen LogP contribution is -2.30. The summed E-state index contributed by atoms with van der Waals surface area (Å²) < 4.78 is 17.7. The number of aromatic nitrogens is 1. The van der Waals surface area contributed by atoms with Crippen molar-refractivity contribution in [3.8, 4) is 17.2 Å². The molecule has 0 spiro atoms. The molecule has 1 aliphatic heterocycles. The van der Waals surface area contributed by atoms with Gasteiger partial charge in [0.25, 0.3) is 5.91 Å². The molecule has 3 aromatic rings. The van der Waals surface area contributed by atoms with Crippen LogP contribution in [0.25, 0.3) is 5.69 Å². The van der Waals surface area contributed by atoms with Crippen molar-refractivity contribution in [1.82, 2.24) is 4.57 Å². The summed E-state index contributed by atoms with van der Waals surface area (Å²) in [6.45, 7) is 1.68. The van der Waals surface area contributed by atoms with Crippen LogP contribution in [0.1, 0.15) is 17.3 Å². The maximum absolute atomic E-state index is 12.3. The Bertz CT molecular complexity index is 996. The minimum atomic E-state index is -0.956. The van der Waals surface area contributed by atoms with Gasteiger partial charge in [-0.15, -0.1) is 0 Å². The highest BCUT2D eigenvalue weighted by Gasteiger charge is 2.20. The molecule has 1 N–H and O–H groups in total. The summed E-state index contributed by atoms with van der Waals surface area (Å²) in [5.41, 5.74) is 1.84. The third kappa shape index (κ3) is 3.68. The Morgan fingerprint density at radius 1 is 1.04 bits per heavy atom.